The van der Waals surface area contributed by atoms with E-state index in [0.29, 0.717) is 32.2 Å². The average Bonchev–Trinajstić information content (AvgIpc) is 3.28. The van der Waals surface area contributed by atoms with Gasteiger partial charge in [0.25, 0.3) is 11.8 Å². The fourth-order valence-electron chi connectivity index (χ4n) is 3.84. The maximum atomic E-state index is 13.4. The van der Waals surface area contributed by atoms with Gasteiger partial charge in [-0.3, -0.25) is 9.59 Å². The number of benzene rings is 2. The van der Waals surface area contributed by atoms with E-state index in [-0.39, 0.29) is 28.5 Å². The van der Waals surface area contributed by atoms with E-state index in [4.69, 9.17) is 0 Å². The Morgan fingerprint density at radius 2 is 1.74 bits per heavy atom. The molecule has 1 aliphatic heterocycles. The quantitative estimate of drug-likeness (QED) is 0.446. The first-order valence-corrected chi connectivity index (χ1v) is 11.6. The molecule has 0 atom stereocenters. The van der Waals surface area contributed by atoms with Crippen molar-refractivity contribution >= 4 is 44.3 Å². The molecule has 0 bridgehead atoms. The third-order valence-corrected chi connectivity index (χ3v) is 6.64. The van der Waals surface area contributed by atoms with Gasteiger partial charge in [-0.25, -0.2) is 18.7 Å². The molecule has 4 aromatic rings. The van der Waals surface area contributed by atoms with E-state index in [0.717, 1.165) is 27.6 Å². The summed E-state index contributed by atoms with van der Waals surface area (Å²) in [6.45, 7) is 2.08. The predicted molar refractivity (Wildman–Crippen MR) is 128 cm³/mol. The second kappa shape index (κ2) is 9.26. The minimum Gasteiger partial charge on any atom is -0.507 e. The fourth-order valence-corrected chi connectivity index (χ4v) is 4.80. The Morgan fingerprint density at radius 3 is 2.43 bits per heavy atom. The number of fused-ring (bicyclic) bond motifs is 1. The van der Waals surface area contributed by atoms with E-state index in [1.165, 1.54) is 29.5 Å². The van der Waals surface area contributed by atoms with E-state index in [2.05, 4.69) is 20.2 Å². The van der Waals surface area contributed by atoms with Crippen molar-refractivity contribution in [3.63, 3.8) is 0 Å². The molecule has 2 aromatic carbocycles. The number of nitrogens with one attached hydrogen (secondary N) is 1. The van der Waals surface area contributed by atoms with Gasteiger partial charge in [0, 0.05) is 55.8 Å². The highest BCUT2D eigenvalue weighted by atomic mass is 32.1. The first kappa shape index (κ1) is 22.7. The predicted octanol–water partition coefficient (Wildman–Crippen LogP) is 3.89. The van der Waals surface area contributed by atoms with Gasteiger partial charge in [-0.1, -0.05) is 11.3 Å². The molecular formula is C24H19F2N5O3S. The second-order valence-corrected chi connectivity index (χ2v) is 8.90. The molecule has 2 amide bonds. The maximum Gasteiger partial charge on any atom is 0.257 e. The topological polar surface area (TPSA) is 98.7 Å². The van der Waals surface area contributed by atoms with Gasteiger partial charge in [0.2, 0.25) is 0 Å². The Balaban J connectivity index is 1.23. The van der Waals surface area contributed by atoms with Gasteiger partial charge in [0.15, 0.2) is 5.13 Å². The number of aromatic nitrogens is 2. The molecule has 11 heteroatoms. The number of rotatable bonds is 4. The number of amides is 2. The van der Waals surface area contributed by atoms with Gasteiger partial charge >= 0.3 is 0 Å². The Kier molecular flexibility index (Phi) is 6.00. The van der Waals surface area contributed by atoms with E-state index < -0.39 is 17.5 Å². The SMILES string of the molecule is O=C(Nc1ccc(C(=O)N2CCN(c3nc4cccnc4s3)CC2)c(O)c1)c1cc(F)cc(F)c1. The molecule has 2 aromatic heterocycles. The molecule has 0 saturated carbocycles. The summed E-state index contributed by atoms with van der Waals surface area (Å²) >= 11 is 1.50. The van der Waals surface area contributed by atoms with E-state index in [9.17, 15) is 23.5 Å². The Bertz CT molecular complexity index is 1380. The first-order chi connectivity index (χ1) is 16.9. The fraction of sp³-hybridized carbons (Fsp3) is 0.167. The molecule has 0 radical (unpaired) electrons. The highest BCUT2D eigenvalue weighted by Crippen LogP contribution is 2.29. The number of thiazole rings is 1. The van der Waals surface area contributed by atoms with Crippen molar-refractivity contribution in [3.8, 4) is 5.75 Å². The normalized spacial score (nSPS) is 13.8. The number of halogens is 2. The largest absolute Gasteiger partial charge is 0.507 e. The van der Waals surface area contributed by atoms with Crippen molar-refractivity contribution in [2.75, 3.05) is 36.4 Å². The van der Waals surface area contributed by atoms with Crippen molar-refractivity contribution in [3.05, 3.63) is 77.5 Å². The zero-order valence-electron chi connectivity index (χ0n) is 18.2. The van der Waals surface area contributed by atoms with Gasteiger partial charge in [-0.15, -0.1) is 0 Å². The summed E-state index contributed by atoms with van der Waals surface area (Å²) < 4.78 is 26.7. The number of aromatic hydroxyl groups is 1. The smallest absolute Gasteiger partial charge is 0.257 e. The number of anilines is 2. The van der Waals surface area contributed by atoms with Crippen molar-refractivity contribution in [1.82, 2.24) is 14.9 Å². The number of hydrogen-bond donors (Lipinski definition) is 2. The number of hydrogen-bond acceptors (Lipinski definition) is 7. The van der Waals surface area contributed by atoms with Crippen LogP contribution in [0.15, 0.2) is 54.7 Å². The summed E-state index contributed by atoms with van der Waals surface area (Å²) in [5, 5.41) is 13.7. The highest BCUT2D eigenvalue weighted by molar-refractivity contribution is 7.21. The maximum absolute atomic E-state index is 13.4. The van der Waals surface area contributed by atoms with Crippen LogP contribution in [-0.4, -0.2) is 58.0 Å². The summed E-state index contributed by atoms with van der Waals surface area (Å²) in [6.07, 6.45) is 1.73. The molecule has 35 heavy (non-hydrogen) atoms. The van der Waals surface area contributed by atoms with Crippen molar-refractivity contribution in [2.45, 2.75) is 0 Å². The average molecular weight is 496 g/mol. The van der Waals surface area contributed by atoms with Crippen LogP contribution < -0.4 is 10.2 Å². The Labute approximate surface area is 202 Å². The lowest BCUT2D eigenvalue weighted by Crippen LogP contribution is -2.48. The molecule has 2 N–H and O–H groups in total. The molecule has 0 unspecified atom stereocenters. The summed E-state index contributed by atoms with van der Waals surface area (Å²) in [6, 6.07) is 10.3. The van der Waals surface area contributed by atoms with Crippen molar-refractivity contribution in [1.29, 1.82) is 0 Å². The van der Waals surface area contributed by atoms with Gasteiger partial charge < -0.3 is 20.2 Å². The van der Waals surface area contributed by atoms with Crippen molar-refractivity contribution in [2.24, 2.45) is 0 Å². The minimum atomic E-state index is -0.876. The Morgan fingerprint density at radius 1 is 1.00 bits per heavy atom. The lowest BCUT2D eigenvalue weighted by atomic mass is 10.1. The number of piperazine rings is 1. The van der Waals surface area contributed by atoms with Crippen molar-refractivity contribution < 1.29 is 23.5 Å². The molecule has 1 saturated heterocycles. The molecule has 178 valence electrons. The zero-order chi connectivity index (χ0) is 24.5. The number of nitrogens with zero attached hydrogens (tertiary/aromatic N) is 4. The van der Waals surface area contributed by atoms with E-state index in [1.54, 1.807) is 11.1 Å². The lowest BCUT2D eigenvalue weighted by Gasteiger charge is -2.34. The third kappa shape index (κ3) is 4.76. The number of carbonyl (C=O) groups excluding carboxylic acids is 2. The third-order valence-electron chi connectivity index (χ3n) is 5.60. The van der Waals surface area contributed by atoms with Crippen LogP contribution in [0.3, 0.4) is 0 Å². The number of phenolic OH excluding ortho intramolecular Hbond substituents is 1. The van der Waals surface area contributed by atoms with Gasteiger partial charge in [-0.2, -0.15) is 0 Å². The Hall–Kier alpha value is -4.12. The lowest BCUT2D eigenvalue weighted by molar-refractivity contribution is 0.0743. The number of pyridine rings is 1. The summed E-state index contributed by atoms with van der Waals surface area (Å²) in [5.41, 5.74) is 0.912. The van der Waals surface area contributed by atoms with Crippen LogP contribution in [0.25, 0.3) is 10.3 Å². The first-order valence-electron chi connectivity index (χ1n) is 10.7. The molecule has 0 spiro atoms. The minimum absolute atomic E-state index is 0.0948. The van der Waals surface area contributed by atoms with Gasteiger partial charge in [0.05, 0.1) is 5.56 Å². The zero-order valence-corrected chi connectivity index (χ0v) is 19.1. The van der Waals surface area contributed by atoms with Crippen LogP contribution in [0.1, 0.15) is 20.7 Å². The number of carbonyl (C=O) groups is 2. The highest BCUT2D eigenvalue weighted by Gasteiger charge is 2.26. The summed E-state index contributed by atoms with van der Waals surface area (Å²) in [5.74, 6) is -3.14. The van der Waals surface area contributed by atoms with Crippen LogP contribution in [-0.2, 0) is 0 Å². The van der Waals surface area contributed by atoms with Crippen LogP contribution in [0.2, 0.25) is 0 Å². The monoisotopic (exact) mass is 495 g/mol. The van der Waals surface area contributed by atoms with Crippen LogP contribution in [0.4, 0.5) is 19.6 Å². The molecule has 1 aliphatic rings. The van der Waals surface area contributed by atoms with Gasteiger partial charge in [0.1, 0.15) is 27.7 Å². The van der Waals surface area contributed by atoms with Crippen LogP contribution >= 0.6 is 11.3 Å². The second-order valence-electron chi connectivity index (χ2n) is 7.95. The molecule has 3 heterocycles. The van der Waals surface area contributed by atoms with E-state index >= 15 is 0 Å². The molecule has 8 nitrogen and oxygen atoms in total. The summed E-state index contributed by atoms with van der Waals surface area (Å²) in [7, 11) is 0. The summed E-state index contributed by atoms with van der Waals surface area (Å²) in [4.78, 5) is 38.8. The standard InChI is InChI=1S/C24H19F2N5O3S/c25-15-10-14(11-16(26)12-15)21(33)28-17-3-4-18(20(32)13-17)23(34)30-6-8-31(9-7-30)24-29-19-2-1-5-27-22(19)35-24/h1-5,10-13,32H,6-9H2,(H,28,33). The van der Waals surface area contributed by atoms with E-state index in [1.807, 2.05) is 12.1 Å². The van der Waals surface area contributed by atoms with Crippen LogP contribution in [0, 0.1) is 11.6 Å². The molecule has 1 fully saturated rings. The van der Waals surface area contributed by atoms with Crippen LogP contribution in [0.5, 0.6) is 5.75 Å². The van der Waals surface area contributed by atoms with Gasteiger partial charge in [-0.05, 0) is 36.4 Å². The molecular weight excluding hydrogens is 476 g/mol. The molecule has 0 aliphatic carbocycles. The molecule has 5 rings (SSSR count). The number of phenols is 1.